The molecule has 1 N–H and O–H groups in total. The number of carbonyl (C=O) groups is 2. The summed E-state index contributed by atoms with van der Waals surface area (Å²) in [5.41, 5.74) is 1.79. The van der Waals surface area contributed by atoms with Crippen molar-refractivity contribution >= 4 is 23.8 Å². The molecule has 28 heavy (non-hydrogen) atoms. The molecule has 0 saturated carbocycles. The molecule has 2 amide bonds. The predicted octanol–water partition coefficient (Wildman–Crippen LogP) is 3.28. The van der Waals surface area contributed by atoms with Crippen LogP contribution in [0, 0.1) is 0 Å². The molecule has 0 spiro atoms. The topological polar surface area (TPSA) is 70.1 Å². The van der Waals surface area contributed by atoms with Gasteiger partial charge in [0, 0.05) is 6.54 Å². The van der Waals surface area contributed by atoms with Crippen LogP contribution in [0.2, 0.25) is 0 Å². The molecule has 2 aromatic carbocycles. The van der Waals surface area contributed by atoms with E-state index in [-0.39, 0.29) is 12.5 Å². The summed E-state index contributed by atoms with van der Waals surface area (Å²) >= 11 is 0. The fraction of sp³-hybridized carbons (Fsp3) is 0.273. The highest BCUT2D eigenvalue weighted by molar-refractivity contribution is 6.05. The van der Waals surface area contributed by atoms with E-state index in [0.717, 1.165) is 12.0 Å². The van der Waals surface area contributed by atoms with Gasteiger partial charge in [0.15, 0.2) is 6.23 Å². The molecule has 0 aliphatic carbocycles. The molecular weight excluding hydrogens is 356 g/mol. The molecule has 2 aromatic rings. The number of anilines is 1. The maximum atomic E-state index is 12.9. The smallest absolute Gasteiger partial charge is 0.416 e. The molecule has 144 valence electrons. The van der Waals surface area contributed by atoms with Crippen LogP contribution in [0.3, 0.4) is 0 Å². The first-order valence-corrected chi connectivity index (χ1v) is 9.42. The second-order valence-electron chi connectivity index (χ2n) is 6.90. The predicted molar refractivity (Wildman–Crippen MR) is 106 cm³/mol. The minimum atomic E-state index is -1.14. The number of hydrogen-bond acceptors (Lipinski definition) is 4. The number of carbonyl (C=O) groups excluding carboxylic acids is 2. The van der Waals surface area contributed by atoms with Crippen LogP contribution in [-0.2, 0) is 4.74 Å². The van der Waals surface area contributed by atoms with Crippen molar-refractivity contribution in [3.05, 3.63) is 71.8 Å². The van der Waals surface area contributed by atoms with Gasteiger partial charge in [-0.2, -0.15) is 0 Å². The lowest BCUT2D eigenvalue weighted by molar-refractivity contribution is 0.0496. The molecule has 2 aliphatic rings. The first kappa shape index (κ1) is 18.3. The van der Waals surface area contributed by atoms with Gasteiger partial charge < -0.3 is 14.7 Å². The minimum absolute atomic E-state index is 0.0709. The van der Waals surface area contributed by atoms with E-state index in [1.807, 2.05) is 36.4 Å². The Kier molecular flexibility index (Phi) is 5.12. The normalized spacial score (nSPS) is 21.4. The van der Waals surface area contributed by atoms with Crippen molar-refractivity contribution in [2.75, 3.05) is 18.1 Å². The maximum absolute atomic E-state index is 12.9. The van der Waals surface area contributed by atoms with Crippen molar-refractivity contribution < 1.29 is 19.4 Å². The highest BCUT2D eigenvalue weighted by Gasteiger charge is 2.44. The fourth-order valence-electron chi connectivity index (χ4n) is 3.83. The van der Waals surface area contributed by atoms with Gasteiger partial charge in [-0.3, -0.25) is 4.79 Å². The molecule has 2 atom stereocenters. The SMILES string of the molecule is O=C1c2ccccc2N(C(=O)OC/C=C/c2ccccc2)[C@@H](O)[C@@H]2CCCN12. The Balaban J connectivity index is 1.54. The molecule has 0 bridgehead atoms. The zero-order valence-electron chi connectivity index (χ0n) is 15.4. The Morgan fingerprint density at radius 2 is 1.89 bits per heavy atom. The van der Waals surface area contributed by atoms with Crippen LogP contribution in [0.25, 0.3) is 6.08 Å². The van der Waals surface area contributed by atoms with Crippen LogP contribution in [0.4, 0.5) is 10.5 Å². The molecule has 0 aromatic heterocycles. The molecule has 2 aliphatic heterocycles. The Labute approximate surface area is 163 Å². The Morgan fingerprint density at radius 3 is 2.71 bits per heavy atom. The quantitative estimate of drug-likeness (QED) is 0.890. The zero-order chi connectivity index (χ0) is 19.5. The van der Waals surface area contributed by atoms with Gasteiger partial charge in [0.2, 0.25) is 0 Å². The van der Waals surface area contributed by atoms with E-state index in [9.17, 15) is 14.7 Å². The average Bonchev–Trinajstić information content (AvgIpc) is 3.19. The molecule has 0 radical (unpaired) electrons. The highest BCUT2D eigenvalue weighted by atomic mass is 16.6. The van der Waals surface area contributed by atoms with Crippen LogP contribution in [0.5, 0.6) is 0 Å². The van der Waals surface area contributed by atoms with Gasteiger partial charge >= 0.3 is 6.09 Å². The van der Waals surface area contributed by atoms with E-state index in [1.54, 1.807) is 35.2 Å². The van der Waals surface area contributed by atoms with E-state index in [1.165, 1.54) is 4.90 Å². The van der Waals surface area contributed by atoms with Crippen LogP contribution in [0.15, 0.2) is 60.7 Å². The molecular formula is C22H22N2O4. The Bertz CT molecular complexity index is 896. The summed E-state index contributed by atoms with van der Waals surface area (Å²) in [5.74, 6) is -0.156. The molecule has 4 rings (SSSR count). The monoisotopic (exact) mass is 378 g/mol. The average molecular weight is 378 g/mol. The van der Waals surface area contributed by atoms with Crippen molar-refractivity contribution in [3.8, 4) is 0 Å². The highest BCUT2D eigenvalue weighted by Crippen LogP contribution is 2.34. The van der Waals surface area contributed by atoms with Gasteiger partial charge in [-0.1, -0.05) is 48.5 Å². The van der Waals surface area contributed by atoms with E-state index in [4.69, 9.17) is 4.74 Å². The first-order chi connectivity index (χ1) is 13.7. The molecule has 6 heteroatoms. The van der Waals surface area contributed by atoms with Crippen molar-refractivity contribution in [2.24, 2.45) is 0 Å². The second kappa shape index (κ2) is 7.86. The van der Waals surface area contributed by atoms with Gasteiger partial charge in [0.25, 0.3) is 5.91 Å². The summed E-state index contributed by atoms with van der Waals surface area (Å²) in [5, 5.41) is 10.9. The second-order valence-corrected chi connectivity index (χ2v) is 6.90. The molecule has 6 nitrogen and oxygen atoms in total. The summed E-state index contributed by atoms with van der Waals surface area (Å²) in [6.45, 7) is 0.652. The van der Waals surface area contributed by atoms with Gasteiger partial charge in [-0.05, 0) is 36.6 Å². The fourth-order valence-corrected chi connectivity index (χ4v) is 3.83. The maximum Gasteiger partial charge on any atom is 0.416 e. The van der Waals surface area contributed by atoms with Crippen molar-refractivity contribution in [1.29, 1.82) is 0 Å². The minimum Gasteiger partial charge on any atom is -0.445 e. The first-order valence-electron chi connectivity index (χ1n) is 9.42. The number of hydrogen-bond donors (Lipinski definition) is 1. The van der Waals surface area contributed by atoms with Gasteiger partial charge in [-0.15, -0.1) is 0 Å². The van der Waals surface area contributed by atoms with Gasteiger partial charge in [0.05, 0.1) is 17.3 Å². The lowest BCUT2D eigenvalue weighted by atomic mass is 10.1. The molecule has 1 saturated heterocycles. The molecule has 2 heterocycles. The summed E-state index contributed by atoms with van der Waals surface area (Å²) in [6, 6.07) is 16.1. The van der Waals surface area contributed by atoms with Gasteiger partial charge in [0.1, 0.15) is 6.61 Å². The standard InChI is InChI=1S/C22H22N2O4/c25-20-17-11-4-5-12-18(17)24(21(26)19-13-6-14-23(19)20)22(27)28-15-7-10-16-8-2-1-3-9-16/h1-5,7-12,19,21,26H,6,13-15H2/b10-7+/t19-,21-/m0/s1. The third kappa shape index (κ3) is 3.39. The molecule has 1 fully saturated rings. The number of aliphatic hydroxyl groups is 1. The number of amides is 2. The van der Waals surface area contributed by atoms with E-state index in [0.29, 0.717) is 24.2 Å². The number of rotatable bonds is 3. The number of nitrogens with zero attached hydrogens (tertiary/aromatic N) is 2. The summed E-state index contributed by atoms with van der Waals surface area (Å²) in [4.78, 5) is 28.6. The van der Waals surface area contributed by atoms with Crippen LogP contribution in [-0.4, -0.2) is 47.4 Å². The summed E-state index contributed by atoms with van der Waals surface area (Å²) in [7, 11) is 0. The molecule has 0 unspecified atom stereocenters. The van der Waals surface area contributed by atoms with Crippen LogP contribution < -0.4 is 4.90 Å². The number of ether oxygens (including phenoxy) is 1. The number of para-hydroxylation sites is 1. The third-order valence-electron chi connectivity index (χ3n) is 5.17. The van der Waals surface area contributed by atoms with Crippen molar-refractivity contribution in [1.82, 2.24) is 4.90 Å². The lowest BCUT2D eigenvalue weighted by Crippen LogP contribution is -2.50. The van der Waals surface area contributed by atoms with Crippen molar-refractivity contribution in [2.45, 2.75) is 25.1 Å². The third-order valence-corrected chi connectivity index (χ3v) is 5.17. The van der Waals surface area contributed by atoms with Crippen LogP contribution >= 0.6 is 0 Å². The van der Waals surface area contributed by atoms with Crippen LogP contribution in [0.1, 0.15) is 28.8 Å². The largest absolute Gasteiger partial charge is 0.445 e. The number of aliphatic hydroxyl groups excluding tert-OH is 1. The van der Waals surface area contributed by atoms with E-state index >= 15 is 0 Å². The zero-order valence-corrected chi connectivity index (χ0v) is 15.4. The Morgan fingerprint density at radius 1 is 1.14 bits per heavy atom. The van der Waals surface area contributed by atoms with Crippen molar-refractivity contribution in [3.63, 3.8) is 0 Å². The van der Waals surface area contributed by atoms with Gasteiger partial charge in [-0.25, -0.2) is 9.69 Å². The lowest BCUT2D eigenvalue weighted by Gasteiger charge is -2.31. The van der Waals surface area contributed by atoms with E-state index in [2.05, 4.69) is 0 Å². The number of benzene rings is 2. The Hall–Kier alpha value is -3.12. The summed E-state index contributed by atoms with van der Waals surface area (Å²) in [6.07, 6.45) is 3.26. The number of fused-ring (bicyclic) bond motifs is 2. The van der Waals surface area contributed by atoms with E-state index < -0.39 is 18.4 Å². The summed E-state index contributed by atoms with van der Waals surface area (Å²) < 4.78 is 5.38.